The van der Waals surface area contributed by atoms with E-state index >= 15 is 0 Å². The van der Waals surface area contributed by atoms with Gasteiger partial charge in [-0.15, -0.1) is 0 Å². The molecule has 1 atom stereocenters. The summed E-state index contributed by atoms with van der Waals surface area (Å²) in [6.45, 7) is 6.19. The zero-order chi connectivity index (χ0) is 20.4. The number of aromatic nitrogens is 2. The predicted octanol–water partition coefficient (Wildman–Crippen LogP) is 1.64. The third-order valence-electron chi connectivity index (χ3n) is 6.62. The van der Waals surface area contributed by atoms with E-state index in [1.54, 1.807) is 6.33 Å². The number of imidazole rings is 1. The largest absolute Gasteiger partial charge is 0.354 e. The van der Waals surface area contributed by atoms with Crippen molar-refractivity contribution in [3.8, 4) is 0 Å². The molecule has 4 rings (SSSR count). The molecule has 0 bridgehead atoms. The Bertz CT molecular complexity index is 731. The number of carbonyl (C=O) groups is 2. The van der Waals surface area contributed by atoms with Gasteiger partial charge in [-0.05, 0) is 31.6 Å². The van der Waals surface area contributed by atoms with Crippen LogP contribution in [0.5, 0.6) is 0 Å². The van der Waals surface area contributed by atoms with Gasteiger partial charge in [0, 0.05) is 37.8 Å². The summed E-state index contributed by atoms with van der Waals surface area (Å²) in [5.41, 5.74) is 1.70. The van der Waals surface area contributed by atoms with Crippen molar-refractivity contribution in [3.05, 3.63) is 17.7 Å². The highest BCUT2D eigenvalue weighted by molar-refractivity contribution is 5.82. The first-order chi connectivity index (χ1) is 14.0. The van der Waals surface area contributed by atoms with E-state index in [2.05, 4.69) is 39.8 Å². The number of rotatable bonds is 4. The molecule has 160 valence electrons. The Balaban J connectivity index is 1.41. The van der Waals surface area contributed by atoms with Gasteiger partial charge < -0.3 is 20.5 Å². The molecule has 1 aromatic rings. The van der Waals surface area contributed by atoms with Crippen molar-refractivity contribution in [3.63, 3.8) is 0 Å². The van der Waals surface area contributed by atoms with Crippen LogP contribution in [0.25, 0.3) is 0 Å². The van der Waals surface area contributed by atoms with Gasteiger partial charge in [-0.3, -0.25) is 10.1 Å². The summed E-state index contributed by atoms with van der Waals surface area (Å²) in [4.78, 5) is 35.1. The lowest BCUT2D eigenvalue weighted by molar-refractivity contribution is -0.124. The molecule has 29 heavy (non-hydrogen) atoms. The van der Waals surface area contributed by atoms with Gasteiger partial charge in [0.05, 0.1) is 23.6 Å². The first-order valence-electron chi connectivity index (χ1n) is 11.1. The fourth-order valence-electron chi connectivity index (χ4n) is 4.94. The van der Waals surface area contributed by atoms with Crippen molar-refractivity contribution in [2.75, 3.05) is 19.6 Å². The second-order valence-corrected chi connectivity index (χ2v) is 9.27. The van der Waals surface area contributed by atoms with Crippen LogP contribution in [0.3, 0.4) is 0 Å². The van der Waals surface area contributed by atoms with E-state index in [0.29, 0.717) is 38.0 Å². The summed E-state index contributed by atoms with van der Waals surface area (Å²) in [5, 5.41) is 9.86. The van der Waals surface area contributed by atoms with Crippen LogP contribution >= 0.6 is 0 Å². The Labute approximate surface area is 172 Å². The molecular formula is C21H34N6O2. The molecule has 3 amide bonds. The van der Waals surface area contributed by atoms with Crippen molar-refractivity contribution in [1.82, 2.24) is 30.8 Å². The summed E-state index contributed by atoms with van der Waals surface area (Å²) in [6.07, 6.45) is 8.46. The first-order valence-corrected chi connectivity index (χ1v) is 11.1. The monoisotopic (exact) mass is 402 g/mol. The third kappa shape index (κ3) is 4.27. The number of carbonyl (C=O) groups excluding carboxylic acids is 2. The fourth-order valence-corrected chi connectivity index (χ4v) is 4.94. The summed E-state index contributed by atoms with van der Waals surface area (Å²) in [6, 6.07) is 0.106. The number of piperidine rings is 1. The highest BCUT2D eigenvalue weighted by atomic mass is 16.2. The molecule has 1 aliphatic carbocycles. The van der Waals surface area contributed by atoms with Gasteiger partial charge in [0.15, 0.2) is 0 Å². The van der Waals surface area contributed by atoms with E-state index in [0.717, 1.165) is 37.1 Å². The first kappa shape index (κ1) is 20.2. The lowest BCUT2D eigenvalue weighted by atomic mass is 9.78. The maximum Gasteiger partial charge on any atom is 0.317 e. The van der Waals surface area contributed by atoms with Gasteiger partial charge in [-0.25, -0.2) is 9.78 Å². The van der Waals surface area contributed by atoms with E-state index in [4.69, 9.17) is 0 Å². The van der Waals surface area contributed by atoms with E-state index in [-0.39, 0.29) is 23.5 Å². The second kappa shape index (κ2) is 8.34. The summed E-state index contributed by atoms with van der Waals surface area (Å²) < 4.78 is 0. The molecule has 1 saturated carbocycles. The highest BCUT2D eigenvalue weighted by Gasteiger charge is 2.46. The number of H-pyrrole nitrogens is 1. The topological polar surface area (TPSA) is 102 Å². The number of urea groups is 1. The highest BCUT2D eigenvalue weighted by Crippen LogP contribution is 2.37. The second-order valence-electron chi connectivity index (χ2n) is 9.27. The maximum absolute atomic E-state index is 12.7. The Morgan fingerprint density at radius 3 is 2.69 bits per heavy atom. The van der Waals surface area contributed by atoms with Gasteiger partial charge in [-0.2, -0.15) is 0 Å². The molecule has 2 aliphatic heterocycles. The Hall–Kier alpha value is -2.09. The molecule has 0 unspecified atom stereocenters. The zero-order valence-electron chi connectivity index (χ0n) is 17.6. The Morgan fingerprint density at radius 1 is 1.28 bits per heavy atom. The summed E-state index contributed by atoms with van der Waals surface area (Å²) >= 11 is 0. The molecule has 1 aromatic heterocycles. The van der Waals surface area contributed by atoms with Crippen LogP contribution in [0.2, 0.25) is 0 Å². The number of likely N-dealkylation sites (tertiary alicyclic amines) is 1. The molecular weight excluding hydrogens is 368 g/mol. The number of amides is 3. The van der Waals surface area contributed by atoms with E-state index in [1.807, 2.05) is 4.90 Å². The van der Waals surface area contributed by atoms with Gasteiger partial charge in [-0.1, -0.05) is 26.7 Å². The number of nitrogens with one attached hydrogen (secondary N) is 4. The fraction of sp³-hybridized carbons (Fsp3) is 0.762. The lowest BCUT2D eigenvalue weighted by Crippen LogP contribution is -2.62. The lowest BCUT2D eigenvalue weighted by Gasteiger charge is -2.46. The van der Waals surface area contributed by atoms with Crippen LogP contribution in [0.15, 0.2) is 6.33 Å². The molecule has 0 aromatic carbocycles. The number of nitrogens with zero attached hydrogens (tertiary/aromatic N) is 2. The van der Waals surface area contributed by atoms with E-state index in [9.17, 15) is 9.59 Å². The minimum atomic E-state index is -0.350. The van der Waals surface area contributed by atoms with Crippen molar-refractivity contribution in [2.45, 2.75) is 76.4 Å². The summed E-state index contributed by atoms with van der Waals surface area (Å²) in [5.74, 6) is 0.459. The van der Waals surface area contributed by atoms with Gasteiger partial charge in [0.1, 0.15) is 0 Å². The molecule has 3 heterocycles. The van der Waals surface area contributed by atoms with Crippen molar-refractivity contribution < 1.29 is 9.59 Å². The number of hydrogen-bond acceptors (Lipinski definition) is 4. The van der Waals surface area contributed by atoms with Crippen molar-refractivity contribution in [1.29, 1.82) is 0 Å². The van der Waals surface area contributed by atoms with Crippen molar-refractivity contribution in [2.24, 2.45) is 5.92 Å². The molecule has 2 fully saturated rings. The minimum absolute atomic E-state index is 0.0414. The SMILES string of the molecule is CC(C)CNC(=O)[C@@H]1Cc2[nH]cnc2C2(CCN(C(=O)NC3CCCC3)CC2)N1. The van der Waals surface area contributed by atoms with E-state index in [1.165, 1.54) is 12.8 Å². The van der Waals surface area contributed by atoms with Gasteiger partial charge in [0.2, 0.25) is 5.91 Å². The summed E-state index contributed by atoms with van der Waals surface area (Å²) in [7, 11) is 0. The zero-order valence-corrected chi connectivity index (χ0v) is 17.6. The van der Waals surface area contributed by atoms with Crippen molar-refractivity contribution >= 4 is 11.9 Å². The van der Waals surface area contributed by atoms with Crippen LogP contribution in [0.1, 0.15) is 63.8 Å². The average Bonchev–Trinajstić information content (AvgIpc) is 3.38. The smallest absolute Gasteiger partial charge is 0.317 e. The maximum atomic E-state index is 12.7. The molecule has 8 heteroatoms. The van der Waals surface area contributed by atoms with Crippen LogP contribution in [-0.2, 0) is 16.8 Å². The molecule has 1 spiro atoms. The van der Waals surface area contributed by atoms with Gasteiger partial charge >= 0.3 is 6.03 Å². The van der Waals surface area contributed by atoms with E-state index < -0.39 is 0 Å². The molecule has 4 N–H and O–H groups in total. The number of hydrogen-bond donors (Lipinski definition) is 4. The van der Waals surface area contributed by atoms with Crippen LogP contribution in [0, 0.1) is 5.92 Å². The van der Waals surface area contributed by atoms with Crippen LogP contribution < -0.4 is 16.0 Å². The predicted molar refractivity (Wildman–Crippen MR) is 110 cm³/mol. The molecule has 8 nitrogen and oxygen atoms in total. The Kier molecular flexibility index (Phi) is 5.81. The standard InChI is InChI=1S/C21H34N6O2/c1-14(2)12-22-19(28)17-11-16-18(24-13-23-16)21(26-17)7-9-27(10-8-21)20(29)25-15-5-3-4-6-15/h13-15,17,26H,3-12H2,1-2H3,(H,22,28)(H,23,24)(H,25,29)/t17-/m0/s1. The number of fused-ring (bicyclic) bond motifs is 2. The molecule has 3 aliphatic rings. The average molecular weight is 403 g/mol. The Morgan fingerprint density at radius 2 is 2.00 bits per heavy atom. The van der Waals surface area contributed by atoms with Gasteiger partial charge in [0.25, 0.3) is 0 Å². The molecule has 1 saturated heterocycles. The number of aromatic amines is 1. The molecule has 0 radical (unpaired) electrons. The normalized spacial score (nSPS) is 24.0. The van der Waals surface area contributed by atoms with Crippen LogP contribution in [-0.4, -0.2) is 58.5 Å². The third-order valence-corrected chi connectivity index (χ3v) is 6.62. The minimum Gasteiger partial charge on any atom is -0.354 e. The van der Waals surface area contributed by atoms with Crippen LogP contribution in [0.4, 0.5) is 4.79 Å². The quantitative estimate of drug-likeness (QED) is 0.615.